The van der Waals surface area contributed by atoms with Crippen LogP contribution in [-0.2, 0) is 23.2 Å². The third-order valence-corrected chi connectivity index (χ3v) is 9.59. The average Bonchev–Trinajstić information content (AvgIpc) is 3.75. The number of hydrogen-bond acceptors (Lipinski definition) is 9. The van der Waals surface area contributed by atoms with Crippen LogP contribution in [0.2, 0.25) is 0 Å². The molecule has 0 spiro atoms. The lowest BCUT2D eigenvalue weighted by Crippen LogP contribution is -2.42. The summed E-state index contributed by atoms with van der Waals surface area (Å²) in [5, 5.41) is 20.9. The van der Waals surface area contributed by atoms with Crippen molar-refractivity contribution in [2.45, 2.75) is 25.9 Å². The van der Waals surface area contributed by atoms with E-state index in [1.165, 1.54) is 15.1 Å². The Morgan fingerprint density at radius 1 is 1.04 bits per heavy atom. The van der Waals surface area contributed by atoms with Crippen LogP contribution in [-0.4, -0.2) is 44.0 Å². The summed E-state index contributed by atoms with van der Waals surface area (Å²) in [4.78, 5) is 39.4. The van der Waals surface area contributed by atoms with Crippen molar-refractivity contribution in [3.05, 3.63) is 120 Å². The van der Waals surface area contributed by atoms with Gasteiger partial charge in [-0.15, -0.1) is 11.3 Å². The van der Waals surface area contributed by atoms with Gasteiger partial charge in [0, 0.05) is 11.3 Å². The Morgan fingerprint density at radius 3 is 2.49 bits per heavy atom. The summed E-state index contributed by atoms with van der Waals surface area (Å²) in [5.74, 6) is -1.25. The lowest BCUT2D eigenvalue weighted by Gasteiger charge is -2.22. The number of aryl methyl sites for hydroxylation is 2. The van der Waals surface area contributed by atoms with Crippen molar-refractivity contribution in [1.29, 1.82) is 0 Å². The summed E-state index contributed by atoms with van der Waals surface area (Å²) in [5.41, 5.74) is 5.00. The zero-order chi connectivity index (χ0) is 34.1. The zero-order valence-corrected chi connectivity index (χ0v) is 28.1. The topological polar surface area (TPSA) is 131 Å². The lowest BCUT2D eigenvalue weighted by molar-refractivity contribution is -0.746. The molecule has 1 fully saturated rings. The molecule has 1 saturated heterocycles. The number of rotatable bonds is 9. The number of anilines is 2. The Labute approximate surface area is 290 Å². The summed E-state index contributed by atoms with van der Waals surface area (Å²) < 4.78 is 7.95. The van der Waals surface area contributed by atoms with Crippen LogP contribution in [0.4, 0.5) is 17.3 Å². The van der Waals surface area contributed by atoms with Crippen LogP contribution < -0.4 is 20.0 Å². The molecule has 4 aromatic carbocycles. The number of thiocarbonyl (C=S) groups is 1. The maximum Gasteiger partial charge on any atom is 0.325 e. The first-order valence-corrected chi connectivity index (χ1v) is 16.6. The van der Waals surface area contributed by atoms with Gasteiger partial charge in [0.25, 0.3) is 11.6 Å². The Kier molecular flexibility index (Phi) is 8.68. The number of carbonyl (C=O) groups excluding carboxylic acids is 2. The molecule has 1 N–H and O–H groups in total. The van der Waals surface area contributed by atoms with Crippen LogP contribution in [0, 0.1) is 6.92 Å². The summed E-state index contributed by atoms with van der Waals surface area (Å²) in [6, 6.07) is 30.3. The minimum absolute atomic E-state index is 0.00312. The van der Waals surface area contributed by atoms with Gasteiger partial charge in [0.15, 0.2) is 12.2 Å². The molecule has 1 aliphatic heterocycles. The predicted octanol–water partition coefficient (Wildman–Crippen LogP) is 5.05. The normalized spacial score (nSPS) is 15.0. The van der Waals surface area contributed by atoms with Crippen LogP contribution in [0.3, 0.4) is 0 Å². The van der Waals surface area contributed by atoms with Crippen molar-refractivity contribution in [2.24, 2.45) is 12.0 Å². The van der Waals surface area contributed by atoms with Gasteiger partial charge in [0.05, 0.1) is 22.3 Å². The fraction of sp³-hybridized carbons (Fsp3) is 0.139. The zero-order valence-electron chi connectivity index (χ0n) is 26.4. The predicted molar refractivity (Wildman–Crippen MR) is 189 cm³/mol. The third-order valence-electron chi connectivity index (χ3n) is 8.10. The van der Waals surface area contributed by atoms with Crippen molar-refractivity contribution in [2.75, 3.05) is 10.2 Å². The first-order chi connectivity index (χ1) is 23.7. The minimum Gasteiger partial charge on any atom is -0.858 e. The number of fused-ring (bicyclic) bond motifs is 1. The van der Waals surface area contributed by atoms with Gasteiger partial charge in [-0.3, -0.25) is 19.0 Å². The monoisotopic (exact) mass is 687 g/mol. The Bertz CT molecular complexity index is 2220. The van der Waals surface area contributed by atoms with Crippen LogP contribution in [0.15, 0.2) is 113 Å². The van der Waals surface area contributed by atoms with Crippen molar-refractivity contribution >= 4 is 73.9 Å². The van der Waals surface area contributed by atoms with E-state index in [0.29, 0.717) is 22.6 Å². The number of aliphatic imine (C=N–C) groups is 1. The van der Waals surface area contributed by atoms with Gasteiger partial charge in [-0.2, -0.15) is 0 Å². The summed E-state index contributed by atoms with van der Waals surface area (Å²) in [6.45, 7) is 2.06. The van der Waals surface area contributed by atoms with E-state index in [0.717, 1.165) is 20.8 Å². The molecule has 1 atom stereocenters. The molecular formula is C36H29N7O4S2. The van der Waals surface area contributed by atoms with E-state index in [-0.39, 0.29) is 35.8 Å². The number of nitrogens with zero attached hydrogens (tertiary/aromatic N) is 6. The highest BCUT2D eigenvalue weighted by Gasteiger charge is 2.46. The molecule has 49 heavy (non-hydrogen) atoms. The molecule has 0 saturated carbocycles. The number of thiazole rings is 1. The maximum absolute atomic E-state index is 14.0. The molecule has 0 aliphatic carbocycles. The molecule has 0 radical (unpaired) electrons. The summed E-state index contributed by atoms with van der Waals surface area (Å²) in [6.07, 6.45) is -0.189. The maximum atomic E-state index is 14.0. The van der Waals surface area contributed by atoms with Gasteiger partial charge in [-0.05, 0) is 89.4 Å². The van der Waals surface area contributed by atoms with Gasteiger partial charge in [0.1, 0.15) is 17.6 Å². The molecule has 1 aliphatic rings. The first-order valence-electron chi connectivity index (χ1n) is 15.4. The van der Waals surface area contributed by atoms with Crippen LogP contribution in [0.5, 0.6) is 0 Å². The van der Waals surface area contributed by atoms with Crippen LogP contribution in [0.25, 0.3) is 20.8 Å². The van der Waals surface area contributed by atoms with E-state index in [2.05, 4.69) is 28.6 Å². The lowest BCUT2D eigenvalue weighted by atomic mass is 10.1. The van der Waals surface area contributed by atoms with Gasteiger partial charge in [-0.25, -0.2) is 9.98 Å². The van der Waals surface area contributed by atoms with Gasteiger partial charge in [0.2, 0.25) is 11.2 Å². The fourth-order valence-corrected chi connectivity index (χ4v) is 7.02. The SMILES string of the molecule is Cc1ccc2nc(-c3ccc(NC(=O)CC4C(=O)N(c5ccccc5)C(=S)N4Cc4c(/N=C(\[O-])c5ccccc5)on[n+]4C)cc3)sc2c1. The van der Waals surface area contributed by atoms with E-state index in [1.807, 2.05) is 42.5 Å². The quantitative estimate of drug-likeness (QED) is 0.0967. The first kappa shape index (κ1) is 31.8. The van der Waals surface area contributed by atoms with Crippen molar-refractivity contribution in [3.8, 4) is 10.6 Å². The highest BCUT2D eigenvalue weighted by atomic mass is 32.1. The Balaban J connectivity index is 1.12. The summed E-state index contributed by atoms with van der Waals surface area (Å²) in [7, 11) is 1.64. The van der Waals surface area contributed by atoms with Gasteiger partial charge < -0.3 is 15.3 Å². The Morgan fingerprint density at radius 2 is 1.76 bits per heavy atom. The number of nitrogens with one attached hydrogen (secondary N) is 1. The molecule has 6 aromatic rings. The van der Waals surface area contributed by atoms with E-state index in [9.17, 15) is 14.7 Å². The molecule has 244 valence electrons. The van der Waals surface area contributed by atoms with Crippen LogP contribution in [0.1, 0.15) is 23.2 Å². The van der Waals surface area contributed by atoms with Gasteiger partial charge in [-0.1, -0.05) is 54.6 Å². The second-order valence-corrected chi connectivity index (χ2v) is 12.9. The van der Waals surface area contributed by atoms with Gasteiger partial charge >= 0.3 is 5.88 Å². The number of hydrogen-bond donors (Lipinski definition) is 1. The highest BCUT2D eigenvalue weighted by molar-refractivity contribution is 7.80. The fourth-order valence-electron chi connectivity index (χ4n) is 5.56. The van der Waals surface area contributed by atoms with E-state index in [4.69, 9.17) is 21.7 Å². The molecule has 1 unspecified atom stereocenters. The largest absolute Gasteiger partial charge is 0.858 e. The smallest absolute Gasteiger partial charge is 0.325 e. The number of amides is 2. The second kappa shape index (κ2) is 13.4. The standard InChI is InChI=1S/C36H29N7O4S2/c1-22-13-18-27-30(19-22)49-34(38-27)24-14-16-25(17-15-24)37-31(44)20-28-35(46)43(26-11-7-4-8-12-26)36(48)42(28)21-29-33(47-40-41(29)2)39-32(45)23-9-5-3-6-10-23/h3-19,28H,20-21H2,1-2H3,(H-,37,38,39,40,44,45). The number of benzene rings is 4. The Hall–Kier alpha value is -5.79. The van der Waals surface area contributed by atoms with Crippen LogP contribution >= 0.6 is 23.6 Å². The third kappa shape index (κ3) is 6.53. The number of aromatic nitrogens is 3. The minimum atomic E-state index is -0.953. The molecular weight excluding hydrogens is 659 g/mol. The average molecular weight is 688 g/mol. The second-order valence-electron chi connectivity index (χ2n) is 11.5. The van der Waals surface area contributed by atoms with E-state index < -0.39 is 11.9 Å². The molecule has 2 amide bonds. The van der Waals surface area contributed by atoms with E-state index >= 15 is 0 Å². The van der Waals surface area contributed by atoms with Crippen molar-refractivity contribution in [1.82, 2.24) is 15.2 Å². The van der Waals surface area contributed by atoms with Crippen molar-refractivity contribution in [3.63, 3.8) is 0 Å². The molecule has 13 heteroatoms. The highest BCUT2D eigenvalue weighted by Crippen LogP contribution is 2.32. The number of carbonyl (C=O) groups is 2. The number of para-hydroxylation sites is 1. The molecule has 7 rings (SSSR count). The molecule has 3 heterocycles. The summed E-state index contributed by atoms with van der Waals surface area (Å²) >= 11 is 7.45. The van der Waals surface area contributed by atoms with E-state index in [1.54, 1.807) is 77.9 Å². The molecule has 2 aromatic heterocycles. The molecule has 11 nitrogen and oxygen atoms in total. The van der Waals surface area contributed by atoms with Crippen molar-refractivity contribution < 1.29 is 23.9 Å². The molecule has 0 bridgehead atoms.